The number of benzene rings is 3. The lowest BCUT2D eigenvalue weighted by Gasteiger charge is -2.39. The molecule has 3 aromatic carbocycles. The normalized spacial score (nSPS) is 16.2. The van der Waals surface area contributed by atoms with Gasteiger partial charge in [0.1, 0.15) is 0 Å². The molecule has 0 aromatic heterocycles. The molecule has 144 valence electrons. The number of fused-ring (bicyclic) bond motifs is 1. The molecule has 0 saturated carbocycles. The fourth-order valence-corrected chi connectivity index (χ4v) is 4.33. The number of carbonyl (C=O) groups excluding carboxylic acids is 1. The number of carbonyl (C=O) groups is 1. The van der Waals surface area contributed by atoms with Gasteiger partial charge in [-0.05, 0) is 47.4 Å². The lowest BCUT2D eigenvalue weighted by molar-refractivity contribution is -0.0144. The quantitative estimate of drug-likeness (QED) is 0.567. The number of hydrogen-bond donors (Lipinski definition) is 2. The third-order valence-electron chi connectivity index (χ3n) is 5.28. The van der Waals surface area contributed by atoms with Gasteiger partial charge < -0.3 is 15.3 Å². The van der Waals surface area contributed by atoms with Crippen molar-refractivity contribution in [1.29, 1.82) is 0 Å². The SMILES string of the molecule is O=C(Nc1cc(Cl)cc(Cl)c1)N1CCC(O)(c2cccc3ccccc23)CC1. The number of piperidine rings is 1. The van der Waals surface area contributed by atoms with Crippen LogP contribution in [0, 0.1) is 0 Å². The number of rotatable bonds is 2. The topological polar surface area (TPSA) is 52.6 Å². The first kappa shape index (κ1) is 19.1. The fourth-order valence-electron chi connectivity index (χ4n) is 3.81. The molecule has 0 radical (unpaired) electrons. The Balaban J connectivity index is 1.48. The number of aliphatic hydroxyl groups is 1. The summed E-state index contributed by atoms with van der Waals surface area (Å²) in [6, 6.07) is 18.7. The molecule has 1 aliphatic heterocycles. The molecule has 0 aliphatic carbocycles. The highest BCUT2D eigenvalue weighted by Crippen LogP contribution is 2.37. The van der Waals surface area contributed by atoms with Crippen LogP contribution in [0.15, 0.2) is 60.7 Å². The van der Waals surface area contributed by atoms with Gasteiger partial charge in [-0.2, -0.15) is 0 Å². The predicted molar refractivity (Wildman–Crippen MR) is 114 cm³/mol. The summed E-state index contributed by atoms with van der Waals surface area (Å²) in [7, 11) is 0. The van der Waals surface area contributed by atoms with E-state index in [2.05, 4.69) is 5.32 Å². The lowest BCUT2D eigenvalue weighted by Crippen LogP contribution is -2.46. The molecule has 0 bridgehead atoms. The van der Waals surface area contributed by atoms with Gasteiger partial charge in [-0.3, -0.25) is 0 Å². The molecule has 2 amide bonds. The van der Waals surface area contributed by atoms with E-state index in [0.717, 1.165) is 16.3 Å². The van der Waals surface area contributed by atoms with Crippen LogP contribution in [0.4, 0.5) is 10.5 Å². The summed E-state index contributed by atoms with van der Waals surface area (Å²) in [5.74, 6) is 0. The van der Waals surface area contributed by atoms with E-state index >= 15 is 0 Å². The van der Waals surface area contributed by atoms with E-state index in [0.29, 0.717) is 41.7 Å². The van der Waals surface area contributed by atoms with Gasteiger partial charge in [-0.15, -0.1) is 0 Å². The van der Waals surface area contributed by atoms with E-state index in [9.17, 15) is 9.90 Å². The third kappa shape index (κ3) is 3.81. The molecular formula is C22H20Cl2N2O2. The first-order valence-electron chi connectivity index (χ1n) is 9.17. The van der Waals surface area contributed by atoms with Crippen molar-refractivity contribution in [2.75, 3.05) is 18.4 Å². The maximum atomic E-state index is 12.6. The minimum atomic E-state index is -0.947. The number of amides is 2. The first-order valence-corrected chi connectivity index (χ1v) is 9.93. The smallest absolute Gasteiger partial charge is 0.321 e. The second-order valence-corrected chi connectivity index (χ2v) is 8.01. The van der Waals surface area contributed by atoms with Crippen molar-refractivity contribution in [3.63, 3.8) is 0 Å². The summed E-state index contributed by atoms with van der Waals surface area (Å²) < 4.78 is 0. The summed E-state index contributed by atoms with van der Waals surface area (Å²) in [6.07, 6.45) is 0.954. The van der Waals surface area contributed by atoms with Gasteiger partial charge in [0.05, 0.1) is 5.60 Å². The van der Waals surface area contributed by atoms with Crippen molar-refractivity contribution in [2.24, 2.45) is 0 Å². The molecule has 1 aliphatic rings. The molecule has 4 rings (SSSR count). The van der Waals surface area contributed by atoms with Gasteiger partial charge in [-0.1, -0.05) is 65.7 Å². The molecule has 0 unspecified atom stereocenters. The Morgan fingerprint density at radius 2 is 1.61 bits per heavy atom. The van der Waals surface area contributed by atoms with E-state index in [1.54, 1.807) is 23.1 Å². The maximum Gasteiger partial charge on any atom is 0.321 e. The number of likely N-dealkylation sites (tertiary alicyclic amines) is 1. The predicted octanol–water partition coefficient (Wildman–Crippen LogP) is 5.66. The minimum absolute atomic E-state index is 0.224. The Labute approximate surface area is 173 Å². The van der Waals surface area contributed by atoms with Gasteiger partial charge in [0, 0.05) is 28.8 Å². The largest absolute Gasteiger partial charge is 0.385 e. The fraction of sp³-hybridized carbons (Fsp3) is 0.227. The van der Waals surface area contributed by atoms with Crippen LogP contribution in [0.3, 0.4) is 0 Å². The van der Waals surface area contributed by atoms with Crippen LogP contribution < -0.4 is 5.32 Å². The number of nitrogens with one attached hydrogen (secondary N) is 1. The van der Waals surface area contributed by atoms with Crippen LogP contribution in [-0.2, 0) is 5.60 Å². The van der Waals surface area contributed by atoms with Gasteiger partial charge in [0.2, 0.25) is 0 Å². The van der Waals surface area contributed by atoms with Gasteiger partial charge >= 0.3 is 6.03 Å². The number of urea groups is 1. The Kier molecular flexibility index (Phi) is 5.19. The summed E-state index contributed by atoms with van der Waals surface area (Å²) in [6.45, 7) is 0.916. The Bertz CT molecular complexity index is 1000. The molecule has 2 N–H and O–H groups in total. The molecule has 0 atom stereocenters. The second kappa shape index (κ2) is 7.63. The Morgan fingerprint density at radius 3 is 2.32 bits per heavy atom. The number of anilines is 1. The van der Waals surface area contributed by atoms with Crippen LogP contribution in [0.5, 0.6) is 0 Å². The Morgan fingerprint density at radius 1 is 0.964 bits per heavy atom. The molecule has 28 heavy (non-hydrogen) atoms. The summed E-state index contributed by atoms with van der Waals surface area (Å²) in [5.41, 5.74) is 0.529. The summed E-state index contributed by atoms with van der Waals surface area (Å²) in [5, 5.41) is 17.2. The van der Waals surface area contributed by atoms with Crippen molar-refractivity contribution in [3.05, 3.63) is 76.3 Å². The van der Waals surface area contributed by atoms with Gasteiger partial charge in [-0.25, -0.2) is 4.79 Å². The summed E-state index contributed by atoms with van der Waals surface area (Å²) in [4.78, 5) is 14.3. The average Bonchev–Trinajstić information content (AvgIpc) is 2.67. The first-order chi connectivity index (χ1) is 13.4. The average molecular weight is 415 g/mol. The Hall–Kier alpha value is -2.27. The number of hydrogen-bond acceptors (Lipinski definition) is 2. The molecule has 6 heteroatoms. The van der Waals surface area contributed by atoms with Crippen LogP contribution in [0.2, 0.25) is 10.0 Å². The standard InChI is InChI=1S/C22H20Cl2N2O2/c23-16-12-17(24)14-18(13-16)25-21(27)26-10-8-22(28,9-11-26)20-7-3-5-15-4-1-2-6-19(15)20/h1-7,12-14,28H,8-11H2,(H,25,27). The van der Waals surface area contributed by atoms with Gasteiger partial charge in [0.15, 0.2) is 0 Å². The highest BCUT2D eigenvalue weighted by molar-refractivity contribution is 6.35. The lowest BCUT2D eigenvalue weighted by atomic mass is 9.82. The zero-order valence-electron chi connectivity index (χ0n) is 15.2. The molecule has 4 nitrogen and oxygen atoms in total. The van der Waals surface area contributed by atoms with Crippen LogP contribution in [0.25, 0.3) is 10.8 Å². The molecule has 1 fully saturated rings. The summed E-state index contributed by atoms with van der Waals surface area (Å²) >= 11 is 12.0. The minimum Gasteiger partial charge on any atom is -0.385 e. The monoisotopic (exact) mass is 414 g/mol. The van der Waals surface area contributed by atoms with E-state index in [-0.39, 0.29) is 6.03 Å². The van der Waals surface area contributed by atoms with Crippen molar-refractivity contribution < 1.29 is 9.90 Å². The second-order valence-electron chi connectivity index (χ2n) is 7.13. The van der Waals surface area contributed by atoms with Crippen LogP contribution >= 0.6 is 23.2 Å². The highest BCUT2D eigenvalue weighted by atomic mass is 35.5. The molecular weight excluding hydrogens is 395 g/mol. The van der Waals surface area contributed by atoms with Gasteiger partial charge in [0.25, 0.3) is 0 Å². The van der Waals surface area contributed by atoms with E-state index < -0.39 is 5.60 Å². The van der Waals surface area contributed by atoms with Crippen molar-refractivity contribution in [1.82, 2.24) is 4.90 Å². The molecule has 1 heterocycles. The van der Waals surface area contributed by atoms with Crippen LogP contribution in [0.1, 0.15) is 18.4 Å². The van der Waals surface area contributed by atoms with E-state index in [1.165, 1.54) is 0 Å². The zero-order chi connectivity index (χ0) is 19.7. The molecule has 0 spiro atoms. The zero-order valence-corrected chi connectivity index (χ0v) is 16.7. The number of nitrogens with zero attached hydrogens (tertiary/aromatic N) is 1. The molecule has 3 aromatic rings. The van der Waals surface area contributed by atoms with Crippen LogP contribution in [-0.4, -0.2) is 29.1 Å². The number of halogens is 2. The van der Waals surface area contributed by atoms with E-state index in [1.807, 2.05) is 42.5 Å². The highest BCUT2D eigenvalue weighted by Gasteiger charge is 2.36. The van der Waals surface area contributed by atoms with Crippen molar-refractivity contribution in [3.8, 4) is 0 Å². The van der Waals surface area contributed by atoms with Crippen molar-refractivity contribution >= 4 is 45.7 Å². The molecule has 1 saturated heterocycles. The maximum absolute atomic E-state index is 12.6. The van der Waals surface area contributed by atoms with E-state index in [4.69, 9.17) is 23.2 Å². The third-order valence-corrected chi connectivity index (χ3v) is 5.72. The van der Waals surface area contributed by atoms with Crippen molar-refractivity contribution in [2.45, 2.75) is 18.4 Å².